The lowest BCUT2D eigenvalue weighted by molar-refractivity contribution is -0.136. The van der Waals surface area contributed by atoms with Gasteiger partial charge < -0.3 is 9.52 Å². The van der Waals surface area contributed by atoms with E-state index in [-0.39, 0.29) is 6.42 Å². The zero-order valence-electron chi connectivity index (χ0n) is 6.69. The molecule has 0 fully saturated rings. The molecule has 0 spiro atoms. The Morgan fingerprint density at radius 2 is 2.33 bits per heavy atom. The second kappa shape index (κ2) is 6.15. The van der Waals surface area contributed by atoms with Crippen molar-refractivity contribution < 1.29 is 19.1 Å². The normalized spacial score (nSPS) is 8.08. The minimum absolute atomic E-state index is 0.222. The highest BCUT2D eigenvalue weighted by Crippen LogP contribution is 1.92. The smallest absolute Gasteiger partial charge is 0.303 e. The number of carbonyl (C=O) groups excluding carboxylic acids is 1. The van der Waals surface area contributed by atoms with E-state index in [2.05, 4.69) is 4.42 Å². The summed E-state index contributed by atoms with van der Waals surface area (Å²) in [5.74, 6) is -0.745. The standard InChI is InChI=1S/C5H4O2.C3H6O2/c6-3-5-1-2-7-4-5;1-2-3(4)5/h1-4H;2H2,1H3,(H,4,5). The van der Waals surface area contributed by atoms with Crippen molar-refractivity contribution in [3.05, 3.63) is 24.2 Å². The van der Waals surface area contributed by atoms with E-state index in [4.69, 9.17) is 5.11 Å². The van der Waals surface area contributed by atoms with Gasteiger partial charge in [0.1, 0.15) is 6.26 Å². The Hall–Kier alpha value is -1.58. The first-order valence-electron chi connectivity index (χ1n) is 3.39. The second-order valence-corrected chi connectivity index (χ2v) is 1.92. The number of rotatable bonds is 2. The number of hydrogen-bond donors (Lipinski definition) is 1. The Morgan fingerprint density at radius 1 is 1.75 bits per heavy atom. The highest BCUT2D eigenvalue weighted by atomic mass is 16.4. The first kappa shape index (κ1) is 10.4. The molecule has 0 aliphatic heterocycles. The third-order valence-electron chi connectivity index (χ3n) is 0.982. The molecule has 66 valence electrons. The first-order chi connectivity index (χ1) is 5.70. The molecular formula is C8H10O4. The molecular weight excluding hydrogens is 160 g/mol. The highest BCUT2D eigenvalue weighted by molar-refractivity contribution is 5.73. The zero-order chi connectivity index (χ0) is 9.40. The van der Waals surface area contributed by atoms with Crippen LogP contribution in [0, 0.1) is 0 Å². The largest absolute Gasteiger partial charge is 0.481 e. The average Bonchev–Trinajstić information content (AvgIpc) is 2.57. The summed E-state index contributed by atoms with van der Waals surface area (Å²) in [6.45, 7) is 1.60. The Labute approximate surface area is 69.8 Å². The molecule has 0 aromatic carbocycles. The van der Waals surface area contributed by atoms with Crippen molar-refractivity contribution in [2.75, 3.05) is 0 Å². The average molecular weight is 170 g/mol. The summed E-state index contributed by atoms with van der Waals surface area (Å²) in [5.41, 5.74) is 0.583. The number of furan rings is 1. The third-order valence-corrected chi connectivity index (χ3v) is 0.982. The molecule has 0 aliphatic carbocycles. The van der Waals surface area contributed by atoms with E-state index in [1.807, 2.05) is 0 Å². The quantitative estimate of drug-likeness (QED) is 0.684. The zero-order valence-corrected chi connectivity index (χ0v) is 6.69. The number of carbonyl (C=O) groups is 2. The van der Waals surface area contributed by atoms with E-state index in [1.54, 1.807) is 13.0 Å². The Bertz CT molecular complexity index is 225. The van der Waals surface area contributed by atoms with Crippen molar-refractivity contribution in [1.29, 1.82) is 0 Å². The summed E-state index contributed by atoms with van der Waals surface area (Å²) in [7, 11) is 0. The van der Waals surface area contributed by atoms with Crippen LogP contribution in [0.5, 0.6) is 0 Å². The molecule has 0 unspecified atom stereocenters. The van der Waals surface area contributed by atoms with Crippen LogP contribution in [0.15, 0.2) is 23.0 Å². The SMILES string of the molecule is CCC(=O)O.O=Cc1ccoc1. The van der Waals surface area contributed by atoms with Crippen LogP contribution in [-0.4, -0.2) is 17.4 Å². The van der Waals surface area contributed by atoms with Gasteiger partial charge in [0.2, 0.25) is 0 Å². The van der Waals surface area contributed by atoms with Gasteiger partial charge in [-0.15, -0.1) is 0 Å². The van der Waals surface area contributed by atoms with Crippen molar-refractivity contribution in [3.8, 4) is 0 Å². The molecule has 0 radical (unpaired) electrons. The van der Waals surface area contributed by atoms with Gasteiger partial charge >= 0.3 is 5.97 Å². The molecule has 0 atom stereocenters. The summed E-state index contributed by atoms with van der Waals surface area (Å²) in [5, 5.41) is 7.72. The minimum Gasteiger partial charge on any atom is -0.481 e. The van der Waals surface area contributed by atoms with Gasteiger partial charge in [0.15, 0.2) is 6.29 Å². The fourth-order valence-electron chi connectivity index (χ4n) is 0.342. The van der Waals surface area contributed by atoms with Crippen LogP contribution >= 0.6 is 0 Å². The summed E-state index contributed by atoms with van der Waals surface area (Å²) < 4.78 is 4.57. The molecule has 0 amide bonds. The fourth-order valence-corrected chi connectivity index (χ4v) is 0.342. The predicted molar refractivity (Wildman–Crippen MR) is 42.0 cm³/mol. The number of carboxylic acids is 1. The van der Waals surface area contributed by atoms with Gasteiger partial charge in [0.25, 0.3) is 0 Å². The van der Waals surface area contributed by atoms with Gasteiger partial charge in [0.05, 0.1) is 11.8 Å². The number of aldehydes is 1. The van der Waals surface area contributed by atoms with Crippen LogP contribution < -0.4 is 0 Å². The molecule has 1 aromatic heterocycles. The van der Waals surface area contributed by atoms with Crippen LogP contribution in [0.2, 0.25) is 0 Å². The van der Waals surface area contributed by atoms with Crippen LogP contribution in [0.1, 0.15) is 23.7 Å². The molecule has 1 heterocycles. The molecule has 12 heavy (non-hydrogen) atoms. The van der Waals surface area contributed by atoms with Crippen LogP contribution in [0.4, 0.5) is 0 Å². The van der Waals surface area contributed by atoms with Gasteiger partial charge in [-0.2, -0.15) is 0 Å². The lowest BCUT2D eigenvalue weighted by Crippen LogP contribution is -1.86. The maximum absolute atomic E-state index is 9.81. The van der Waals surface area contributed by atoms with Gasteiger partial charge in [-0.1, -0.05) is 6.92 Å². The maximum atomic E-state index is 9.81. The fraction of sp³-hybridized carbons (Fsp3) is 0.250. The summed E-state index contributed by atoms with van der Waals surface area (Å²) >= 11 is 0. The van der Waals surface area contributed by atoms with Crippen molar-refractivity contribution in [1.82, 2.24) is 0 Å². The monoisotopic (exact) mass is 170 g/mol. The molecule has 0 aliphatic rings. The van der Waals surface area contributed by atoms with Crippen LogP contribution in [0.25, 0.3) is 0 Å². The summed E-state index contributed by atoms with van der Waals surface area (Å²) in [6, 6.07) is 1.60. The molecule has 1 rings (SSSR count). The topological polar surface area (TPSA) is 67.5 Å². The second-order valence-electron chi connectivity index (χ2n) is 1.92. The molecule has 0 bridgehead atoms. The Kier molecular flexibility index (Phi) is 5.34. The Morgan fingerprint density at radius 3 is 2.50 bits per heavy atom. The van der Waals surface area contributed by atoms with E-state index < -0.39 is 5.97 Å². The predicted octanol–water partition coefficient (Wildman–Crippen LogP) is 1.57. The molecule has 0 saturated heterocycles. The van der Waals surface area contributed by atoms with Crippen molar-refractivity contribution in [3.63, 3.8) is 0 Å². The molecule has 1 N–H and O–H groups in total. The summed E-state index contributed by atoms with van der Waals surface area (Å²) in [6.07, 6.45) is 3.82. The lowest BCUT2D eigenvalue weighted by atomic mass is 10.4. The summed E-state index contributed by atoms with van der Waals surface area (Å²) in [4.78, 5) is 19.2. The van der Waals surface area contributed by atoms with Gasteiger partial charge in [-0.3, -0.25) is 9.59 Å². The minimum atomic E-state index is -0.745. The van der Waals surface area contributed by atoms with E-state index >= 15 is 0 Å². The highest BCUT2D eigenvalue weighted by Gasteiger charge is 1.84. The molecule has 4 nitrogen and oxygen atoms in total. The van der Waals surface area contributed by atoms with Crippen LogP contribution in [-0.2, 0) is 4.79 Å². The molecule has 4 heteroatoms. The number of carboxylic acid groups (broad SMARTS) is 1. The van der Waals surface area contributed by atoms with Crippen LogP contribution in [0.3, 0.4) is 0 Å². The molecule has 1 aromatic rings. The maximum Gasteiger partial charge on any atom is 0.303 e. The number of aliphatic carboxylic acids is 1. The van der Waals surface area contributed by atoms with Gasteiger partial charge in [-0.25, -0.2) is 0 Å². The number of hydrogen-bond acceptors (Lipinski definition) is 3. The van der Waals surface area contributed by atoms with E-state index in [1.165, 1.54) is 12.5 Å². The lowest BCUT2D eigenvalue weighted by Gasteiger charge is -1.71. The van der Waals surface area contributed by atoms with E-state index in [0.717, 1.165) is 6.29 Å². The first-order valence-corrected chi connectivity index (χ1v) is 3.39. The third kappa shape index (κ3) is 5.22. The molecule has 0 saturated carbocycles. The van der Waals surface area contributed by atoms with Gasteiger partial charge in [-0.05, 0) is 6.07 Å². The van der Waals surface area contributed by atoms with E-state index in [9.17, 15) is 9.59 Å². The van der Waals surface area contributed by atoms with Crippen molar-refractivity contribution >= 4 is 12.3 Å². The van der Waals surface area contributed by atoms with E-state index in [0.29, 0.717) is 5.56 Å². The van der Waals surface area contributed by atoms with Crippen molar-refractivity contribution in [2.24, 2.45) is 0 Å². The van der Waals surface area contributed by atoms with Crippen molar-refractivity contribution in [2.45, 2.75) is 13.3 Å². The Balaban J connectivity index is 0.000000217. The van der Waals surface area contributed by atoms with Gasteiger partial charge in [0, 0.05) is 6.42 Å².